The van der Waals surface area contributed by atoms with Crippen molar-refractivity contribution in [3.8, 4) is 0 Å². The molecule has 5 nitrogen and oxygen atoms in total. The molecule has 1 saturated heterocycles. The fourth-order valence-electron chi connectivity index (χ4n) is 2.64. The number of aromatic nitrogens is 1. The van der Waals surface area contributed by atoms with Gasteiger partial charge in [-0.05, 0) is 19.1 Å². The maximum Gasteiger partial charge on any atom is 0.256 e. The number of pyridine rings is 1. The van der Waals surface area contributed by atoms with Crippen molar-refractivity contribution in [1.82, 2.24) is 9.88 Å². The molecule has 0 aliphatic carbocycles. The van der Waals surface area contributed by atoms with Gasteiger partial charge in [0.1, 0.15) is 0 Å². The van der Waals surface area contributed by atoms with Crippen molar-refractivity contribution in [3.63, 3.8) is 0 Å². The Hall–Kier alpha value is -1.98. The maximum absolute atomic E-state index is 12.8. The number of para-hydroxylation sites is 1. The van der Waals surface area contributed by atoms with Gasteiger partial charge < -0.3 is 14.7 Å². The first-order chi connectivity index (χ1) is 10.2. The molecule has 110 valence electrons. The third-order valence-corrected chi connectivity index (χ3v) is 3.83. The lowest BCUT2D eigenvalue weighted by Crippen LogP contribution is -2.52. The van der Waals surface area contributed by atoms with Crippen molar-refractivity contribution >= 4 is 16.8 Å². The second-order valence-corrected chi connectivity index (χ2v) is 5.33. The molecule has 2 heterocycles. The van der Waals surface area contributed by atoms with Crippen LogP contribution in [-0.4, -0.2) is 52.8 Å². The highest BCUT2D eigenvalue weighted by Gasteiger charge is 2.30. The normalized spacial score (nSPS) is 22.5. The highest BCUT2D eigenvalue weighted by atomic mass is 16.5. The summed E-state index contributed by atoms with van der Waals surface area (Å²) in [6.45, 7) is 2.71. The summed E-state index contributed by atoms with van der Waals surface area (Å²) < 4.78 is 5.48. The Bertz CT molecular complexity index is 654. The molecule has 0 radical (unpaired) electrons. The minimum Gasteiger partial charge on any atom is -0.394 e. The lowest BCUT2D eigenvalue weighted by Gasteiger charge is -2.37. The Morgan fingerprint density at radius 1 is 1.43 bits per heavy atom. The second-order valence-electron chi connectivity index (χ2n) is 5.33. The Morgan fingerprint density at radius 3 is 3.05 bits per heavy atom. The van der Waals surface area contributed by atoms with Gasteiger partial charge in [0, 0.05) is 18.1 Å². The number of carbonyl (C=O) groups is 1. The molecule has 1 aromatic carbocycles. The molecule has 2 unspecified atom stereocenters. The first kappa shape index (κ1) is 14.0. The van der Waals surface area contributed by atoms with Gasteiger partial charge >= 0.3 is 0 Å². The number of aliphatic hydroxyl groups is 1. The zero-order valence-electron chi connectivity index (χ0n) is 11.9. The molecule has 1 fully saturated rings. The summed E-state index contributed by atoms with van der Waals surface area (Å²) >= 11 is 0. The van der Waals surface area contributed by atoms with Crippen LogP contribution in [0.5, 0.6) is 0 Å². The van der Waals surface area contributed by atoms with Crippen molar-refractivity contribution in [2.45, 2.75) is 19.1 Å². The summed E-state index contributed by atoms with van der Waals surface area (Å²) in [5.74, 6) is -0.0615. The minimum atomic E-state index is -0.312. The number of aliphatic hydroxyl groups excluding tert-OH is 1. The number of nitrogens with zero attached hydrogens (tertiary/aromatic N) is 2. The van der Waals surface area contributed by atoms with Crippen LogP contribution in [0, 0.1) is 0 Å². The van der Waals surface area contributed by atoms with E-state index in [4.69, 9.17) is 4.74 Å². The first-order valence-corrected chi connectivity index (χ1v) is 7.08. The van der Waals surface area contributed by atoms with Crippen LogP contribution in [0.15, 0.2) is 36.5 Å². The van der Waals surface area contributed by atoms with Crippen LogP contribution in [0.3, 0.4) is 0 Å². The molecular formula is C16H18N2O3. The van der Waals surface area contributed by atoms with Crippen LogP contribution in [0.2, 0.25) is 0 Å². The highest BCUT2D eigenvalue weighted by molar-refractivity contribution is 6.05. The number of carbonyl (C=O) groups excluding carboxylic acids is 1. The number of hydrogen-bond donors (Lipinski definition) is 1. The van der Waals surface area contributed by atoms with Crippen LogP contribution in [-0.2, 0) is 4.74 Å². The van der Waals surface area contributed by atoms with Crippen LogP contribution in [0.25, 0.3) is 10.9 Å². The molecule has 21 heavy (non-hydrogen) atoms. The molecule has 5 heteroatoms. The number of ether oxygens (including phenoxy) is 1. The predicted octanol–water partition coefficient (Wildman–Crippen LogP) is 1.46. The zero-order valence-corrected chi connectivity index (χ0v) is 11.9. The molecule has 1 aliphatic heterocycles. The second kappa shape index (κ2) is 5.79. The molecule has 3 rings (SSSR count). The monoisotopic (exact) mass is 286 g/mol. The smallest absolute Gasteiger partial charge is 0.256 e. The Kier molecular flexibility index (Phi) is 3.86. The molecule has 0 spiro atoms. The molecule has 1 aliphatic rings. The quantitative estimate of drug-likeness (QED) is 0.908. The lowest BCUT2D eigenvalue weighted by molar-refractivity contribution is -0.0667. The Labute approximate surface area is 123 Å². The summed E-state index contributed by atoms with van der Waals surface area (Å²) in [6, 6.07) is 9.39. The summed E-state index contributed by atoms with van der Waals surface area (Å²) in [4.78, 5) is 18.9. The van der Waals surface area contributed by atoms with Gasteiger partial charge in [0.2, 0.25) is 0 Å². The van der Waals surface area contributed by atoms with Gasteiger partial charge in [0.25, 0.3) is 5.91 Å². The van der Waals surface area contributed by atoms with Crippen molar-refractivity contribution in [2.24, 2.45) is 0 Å². The van der Waals surface area contributed by atoms with Crippen molar-refractivity contribution in [1.29, 1.82) is 0 Å². The molecule has 0 saturated carbocycles. The maximum atomic E-state index is 12.8. The van der Waals surface area contributed by atoms with Gasteiger partial charge in [-0.15, -0.1) is 0 Å². The summed E-state index contributed by atoms with van der Waals surface area (Å²) in [6.07, 6.45) is 1.38. The van der Waals surface area contributed by atoms with Crippen LogP contribution < -0.4 is 0 Å². The largest absolute Gasteiger partial charge is 0.394 e. The van der Waals surface area contributed by atoms with E-state index in [9.17, 15) is 9.90 Å². The number of rotatable bonds is 2. The van der Waals surface area contributed by atoms with E-state index in [1.54, 1.807) is 17.2 Å². The topological polar surface area (TPSA) is 62.7 Å². The van der Waals surface area contributed by atoms with E-state index in [-0.39, 0.29) is 24.7 Å². The molecule has 2 atom stereocenters. The average molecular weight is 286 g/mol. The fraction of sp³-hybridized carbons (Fsp3) is 0.375. The molecule has 1 N–H and O–H groups in total. The van der Waals surface area contributed by atoms with Crippen molar-refractivity contribution in [3.05, 3.63) is 42.1 Å². The van der Waals surface area contributed by atoms with Gasteiger partial charge in [0.15, 0.2) is 0 Å². The van der Waals surface area contributed by atoms with E-state index in [0.29, 0.717) is 24.2 Å². The van der Waals surface area contributed by atoms with Gasteiger partial charge in [-0.2, -0.15) is 0 Å². The number of morpholine rings is 1. The minimum absolute atomic E-state index is 0.0146. The molecular weight excluding hydrogens is 268 g/mol. The number of hydrogen-bond acceptors (Lipinski definition) is 4. The standard InChI is InChI=1S/C16H18N2O3/c1-11-10-21-13(9-19)8-18(11)16(20)14-6-2-4-12-5-3-7-17-15(12)14/h2-7,11,13,19H,8-10H2,1H3. The highest BCUT2D eigenvalue weighted by Crippen LogP contribution is 2.21. The summed E-state index contributed by atoms with van der Waals surface area (Å²) in [5.41, 5.74) is 1.31. The molecule has 2 aromatic rings. The summed E-state index contributed by atoms with van der Waals surface area (Å²) in [7, 11) is 0. The molecule has 0 bridgehead atoms. The average Bonchev–Trinajstić information content (AvgIpc) is 2.54. The van der Waals surface area contributed by atoms with E-state index >= 15 is 0 Å². The SMILES string of the molecule is CC1COC(CO)CN1C(=O)c1cccc2cccnc12. The van der Waals surface area contributed by atoms with Gasteiger partial charge in [-0.3, -0.25) is 9.78 Å². The van der Waals surface area contributed by atoms with Crippen LogP contribution in [0.1, 0.15) is 17.3 Å². The Morgan fingerprint density at radius 2 is 2.24 bits per heavy atom. The zero-order chi connectivity index (χ0) is 14.8. The van der Waals surface area contributed by atoms with Gasteiger partial charge in [-0.25, -0.2) is 0 Å². The van der Waals surface area contributed by atoms with Crippen LogP contribution in [0.4, 0.5) is 0 Å². The number of amides is 1. The van der Waals surface area contributed by atoms with E-state index in [1.807, 2.05) is 31.2 Å². The molecule has 1 amide bonds. The first-order valence-electron chi connectivity index (χ1n) is 7.08. The third kappa shape index (κ3) is 2.62. The van der Waals surface area contributed by atoms with Gasteiger partial charge in [-0.1, -0.05) is 18.2 Å². The summed E-state index contributed by atoms with van der Waals surface area (Å²) in [5, 5.41) is 10.2. The predicted molar refractivity (Wildman–Crippen MR) is 79.1 cm³/mol. The third-order valence-electron chi connectivity index (χ3n) is 3.83. The van der Waals surface area contributed by atoms with E-state index in [1.165, 1.54) is 0 Å². The van der Waals surface area contributed by atoms with E-state index < -0.39 is 0 Å². The molecule has 1 aromatic heterocycles. The number of benzene rings is 1. The van der Waals surface area contributed by atoms with E-state index in [0.717, 1.165) is 5.39 Å². The fourth-order valence-corrected chi connectivity index (χ4v) is 2.64. The van der Waals surface area contributed by atoms with Gasteiger partial charge in [0.05, 0.1) is 36.4 Å². The lowest BCUT2D eigenvalue weighted by atomic mass is 10.1. The number of fused-ring (bicyclic) bond motifs is 1. The van der Waals surface area contributed by atoms with Crippen molar-refractivity contribution in [2.75, 3.05) is 19.8 Å². The van der Waals surface area contributed by atoms with E-state index in [2.05, 4.69) is 4.98 Å². The van der Waals surface area contributed by atoms with Crippen molar-refractivity contribution < 1.29 is 14.6 Å². The van der Waals surface area contributed by atoms with Crippen LogP contribution >= 0.6 is 0 Å². The Balaban J connectivity index is 1.96.